The highest BCUT2D eigenvalue weighted by Gasteiger charge is 2.13. The summed E-state index contributed by atoms with van der Waals surface area (Å²) >= 11 is 0. The minimum absolute atomic E-state index is 0.605. The number of benzene rings is 2. The lowest BCUT2D eigenvalue weighted by atomic mass is 10.0. The van der Waals surface area contributed by atoms with Gasteiger partial charge in [0.1, 0.15) is 11.4 Å². The predicted molar refractivity (Wildman–Crippen MR) is 85.0 cm³/mol. The van der Waals surface area contributed by atoms with Crippen LogP contribution in [0, 0.1) is 0 Å². The summed E-state index contributed by atoms with van der Waals surface area (Å²) in [6.45, 7) is 0. The second-order valence-electron chi connectivity index (χ2n) is 4.94. The SMILES string of the molecule is CN(C)c1nnc(-c2ccccc2)c(-c2ccccc2)n1. The van der Waals surface area contributed by atoms with Crippen LogP contribution >= 0.6 is 0 Å². The Balaban J connectivity index is 2.21. The van der Waals surface area contributed by atoms with Gasteiger partial charge in [0.15, 0.2) is 0 Å². The van der Waals surface area contributed by atoms with E-state index in [1.54, 1.807) is 0 Å². The minimum Gasteiger partial charge on any atom is -0.346 e. The van der Waals surface area contributed by atoms with E-state index in [-0.39, 0.29) is 0 Å². The number of aromatic nitrogens is 3. The van der Waals surface area contributed by atoms with Crippen LogP contribution in [-0.2, 0) is 0 Å². The normalized spacial score (nSPS) is 10.4. The molecule has 0 aliphatic heterocycles. The summed E-state index contributed by atoms with van der Waals surface area (Å²) in [5.41, 5.74) is 3.70. The molecule has 0 fully saturated rings. The molecule has 4 heteroatoms. The molecule has 0 atom stereocenters. The fourth-order valence-electron chi connectivity index (χ4n) is 2.09. The van der Waals surface area contributed by atoms with Crippen molar-refractivity contribution in [1.82, 2.24) is 15.2 Å². The van der Waals surface area contributed by atoms with Crippen molar-refractivity contribution in [3.63, 3.8) is 0 Å². The molecule has 2 aromatic carbocycles. The molecule has 0 spiro atoms. The van der Waals surface area contributed by atoms with E-state index >= 15 is 0 Å². The third-order valence-electron chi connectivity index (χ3n) is 3.17. The van der Waals surface area contributed by atoms with E-state index in [4.69, 9.17) is 0 Å². The number of rotatable bonds is 3. The standard InChI is InChI=1S/C17H16N4/c1-21(2)17-18-15(13-9-5-3-6-10-13)16(19-20-17)14-11-7-4-8-12-14/h3-12H,1-2H3. The average Bonchev–Trinajstić information content (AvgIpc) is 2.56. The molecule has 0 aliphatic carbocycles. The molecule has 0 bridgehead atoms. The van der Waals surface area contributed by atoms with E-state index in [9.17, 15) is 0 Å². The van der Waals surface area contributed by atoms with Crippen molar-refractivity contribution >= 4 is 5.95 Å². The monoisotopic (exact) mass is 276 g/mol. The first-order chi connectivity index (χ1) is 10.3. The quantitative estimate of drug-likeness (QED) is 0.736. The molecule has 0 radical (unpaired) electrons. The van der Waals surface area contributed by atoms with E-state index in [1.807, 2.05) is 79.7 Å². The summed E-state index contributed by atoms with van der Waals surface area (Å²) in [6.07, 6.45) is 0. The van der Waals surface area contributed by atoms with Gasteiger partial charge in [-0.1, -0.05) is 60.7 Å². The van der Waals surface area contributed by atoms with Gasteiger partial charge in [0.05, 0.1) is 0 Å². The van der Waals surface area contributed by atoms with Crippen LogP contribution in [0.2, 0.25) is 0 Å². The summed E-state index contributed by atoms with van der Waals surface area (Å²) in [7, 11) is 3.82. The lowest BCUT2D eigenvalue weighted by Crippen LogP contribution is -2.14. The Morgan fingerprint density at radius 3 is 1.71 bits per heavy atom. The Hall–Kier alpha value is -2.75. The summed E-state index contributed by atoms with van der Waals surface area (Å²) < 4.78 is 0. The fourth-order valence-corrected chi connectivity index (χ4v) is 2.09. The predicted octanol–water partition coefficient (Wildman–Crippen LogP) is 3.27. The van der Waals surface area contributed by atoms with Gasteiger partial charge in [0, 0.05) is 25.2 Å². The van der Waals surface area contributed by atoms with Crippen molar-refractivity contribution in [2.75, 3.05) is 19.0 Å². The van der Waals surface area contributed by atoms with Crippen molar-refractivity contribution in [3.05, 3.63) is 60.7 Å². The minimum atomic E-state index is 0.605. The van der Waals surface area contributed by atoms with Crippen molar-refractivity contribution in [3.8, 4) is 22.5 Å². The maximum Gasteiger partial charge on any atom is 0.245 e. The smallest absolute Gasteiger partial charge is 0.245 e. The highest BCUT2D eigenvalue weighted by molar-refractivity contribution is 5.77. The molecule has 1 aromatic heterocycles. The Labute approximate surface area is 124 Å². The van der Waals surface area contributed by atoms with Gasteiger partial charge >= 0.3 is 0 Å². The molecule has 104 valence electrons. The maximum atomic E-state index is 4.67. The van der Waals surface area contributed by atoms with Crippen molar-refractivity contribution < 1.29 is 0 Å². The Morgan fingerprint density at radius 2 is 1.19 bits per heavy atom. The van der Waals surface area contributed by atoms with Gasteiger partial charge in [-0.25, -0.2) is 4.98 Å². The van der Waals surface area contributed by atoms with Gasteiger partial charge in [-0.15, -0.1) is 10.2 Å². The maximum absolute atomic E-state index is 4.67. The van der Waals surface area contributed by atoms with E-state index in [1.165, 1.54) is 0 Å². The van der Waals surface area contributed by atoms with E-state index < -0.39 is 0 Å². The van der Waals surface area contributed by atoms with Crippen LogP contribution in [0.3, 0.4) is 0 Å². The first kappa shape index (κ1) is 13.2. The summed E-state index contributed by atoms with van der Waals surface area (Å²) in [6, 6.07) is 20.1. The molecule has 0 saturated heterocycles. The van der Waals surface area contributed by atoms with Gasteiger partial charge in [-0.05, 0) is 0 Å². The molecule has 0 unspecified atom stereocenters. The number of nitrogens with zero attached hydrogens (tertiary/aromatic N) is 4. The third kappa shape index (κ3) is 2.74. The molecule has 0 saturated carbocycles. The fraction of sp³-hybridized carbons (Fsp3) is 0.118. The Bertz CT molecular complexity index is 724. The van der Waals surface area contributed by atoms with Crippen LogP contribution < -0.4 is 4.90 Å². The topological polar surface area (TPSA) is 41.9 Å². The third-order valence-corrected chi connectivity index (χ3v) is 3.17. The summed E-state index contributed by atoms with van der Waals surface area (Å²) in [4.78, 5) is 6.53. The van der Waals surface area contributed by atoms with Gasteiger partial charge in [0.25, 0.3) is 0 Å². The highest BCUT2D eigenvalue weighted by atomic mass is 15.3. The van der Waals surface area contributed by atoms with E-state index in [0.29, 0.717) is 5.95 Å². The molecule has 3 rings (SSSR count). The molecule has 21 heavy (non-hydrogen) atoms. The first-order valence-electron chi connectivity index (χ1n) is 6.78. The second kappa shape index (κ2) is 5.71. The molecular weight excluding hydrogens is 260 g/mol. The Kier molecular flexibility index (Phi) is 3.60. The molecular formula is C17H16N4. The molecule has 1 heterocycles. The van der Waals surface area contributed by atoms with Crippen LogP contribution in [0.1, 0.15) is 0 Å². The van der Waals surface area contributed by atoms with E-state index in [0.717, 1.165) is 22.5 Å². The van der Waals surface area contributed by atoms with Crippen molar-refractivity contribution in [2.45, 2.75) is 0 Å². The van der Waals surface area contributed by atoms with Gasteiger partial charge in [-0.2, -0.15) is 0 Å². The van der Waals surface area contributed by atoms with Gasteiger partial charge in [0.2, 0.25) is 5.95 Å². The van der Waals surface area contributed by atoms with Crippen molar-refractivity contribution in [2.24, 2.45) is 0 Å². The zero-order chi connectivity index (χ0) is 14.7. The first-order valence-corrected chi connectivity index (χ1v) is 6.78. The molecule has 0 amide bonds. The van der Waals surface area contributed by atoms with E-state index in [2.05, 4.69) is 15.2 Å². The molecule has 4 nitrogen and oxygen atoms in total. The summed E-state index contributed by atoms with van der Waals surface area (Å²) in [5.74, 6) is 0.605. The van der Waals surface area contributed by atoms with Crippen LogP contribution in [0.25, 0.3) is 22.5 Å². The zero-order valence-electron chi connectivity index (χ0n) is 12.1. The lowest BCUT2D eigenvalue weighted by molar-refractivity contribution is 0.915. The lowest BCUT2D eigenvalue weighted by Gasteiger charge is -2.13. The number of anilines is 1. The van der Waals surface area contributed by atoms with Crippen LogP contribution in [0.5, 0.6) is 0 Å². The second-order valence-corrected chi connectivity index (χ2v) is 4.94. The van der Waals surface area contributed by atoms with Crippen LogP contribution in [0.4, 0.5) is 5.95 Å². The largest absolute Gasteiger partial charge is 0.346 e. The number of hydrogen-bond acceptors (Lipinski definition) is 4. The highest BCUT2D eigenvalue weighted by Crippen LogP contribution is 2.28. The van der Waals surface area contributed by atoms with Crippen molar-refractivity contribution in [1.29, 1.82) is 0 Å². The zero-order valence-corrected chi connectivity index (χ0v) is 12.1. The Morgan fingerprint density at radius 1 is 0.667 bits per heavy atom. The summed E-state index contributed by atoms with van der Waals surface area (Å²) in [5, 5.41) is 8.60. The van der Waals surface area contributed by atoms with Crippen LogP contribution in [0.15, 0.2) is 60.7 Å². The van der Waals surface area contributed by atoms with Crippen LogP contribution in [-0.4, -0.2) is 29.3 Å². The van der Waals surface area contributed by atoms with Gasteiger partial charge in [-0.3, -0.25) is 0 Å². The molecule has 0 aliphatic rings. The average molecular weight is 276 g/mol. The van der Waals surface area contributed by atoms with Gasteiger partial charge < -0.3 is 4.90 Å². The molecule has 0 N–H and O–H groups in total. The number of hydrogen-bond donors (Lipinski definition) is 0. The molecule has 3 aromatic rings.